The summed E-state index contributed by atoms with van der Waals surface area (Å²) in [4.78, 5) is 123. The van der Waals surface area contributed by atoms with Crippen LogP contribution in [0.4, 0.5) is 56.9 Å². The van der Waals surface area contributed by atoms with Crippen LogP contribution in [0.5, 0.6) is 11.5 Å². The normalized spacial score (nSPS) is 21.0. The molecule has 0 bridgehead atoms. The maximum absolute atomic E-state index is 14.4. The zero-order valence-corrected chi connectivity index (χ0v) is 73.5. The minimum Gasteiger partial charge on any atom is -0.488 e. The number of aromatic nitrogens is 4. The van der Waals surface area contributed by atoms with Crippen LogP contribution in [0.1, 0.15) is 132 Å². The molecule has 0 radical (unpaired) electrons. The number of hydrogen-bond donors (Lipinski definition) is 5. The summed E-state index contributed by atoms with van der Waals surface area (Å²) in [6.45, 7) is 13.8. The highest BCUT2D eigenvalue weighted by atomic mass is 19.4. The Kier molecular flexibility index (Phi) is 25.2. The third-order valence-corrected chi connectivity index (χ3v) is 25.6. The van der Waals surface area contributed by atoms with Crippen LogP contribution in [0.25, 0.3) is 66.3 Å². The number of rotatable bonds is 19. The van der Waals surface area contributed by atoms with Gasteiger partial charge in [0.2, 0.25) is 17.7 Å². The number of nitrogens with zero attached hydrogens (tertiary/aromatic N) is 8. The van der Waals surface area contributed by atoms with Gasteiger partial charge in [-0.25, -0.2) is 29.1 Å². The fraction of sp³-hybridized carbons (Fsp3) is 0.442. The van der Waals surface area contributed by atoms with Crippen LogP contribution in [-0.2, 0) is 68.9 Å². The summed E-state index contributed by atoms with van der Waals surface area (Å²) in [6, 6.07) is 31.6. The Hall–Kier alpha value is -12.6. The molecule has 28 nitrogen and oxygen atoms in total. The monoisotopic (exact) mass is 1780 g/mol. The molecule has 8 aliphatic heterocycles. The molecule has 7 aromatic carbocycles. The average molecular weight is 1780 g/mol. The number of carbonyl (C=O) groups excluding carboxylic acids is 7. The summed E-state index contributed by atoms with van der Waals surface area (Å²) < 4.78 is 129. The number of alkyl halides is 6. The third-order valence-electron chi connectivity index (χ3n) is 25.6. The second-order valence-electron chi connectivity index (χ2n) is 35.9. The highest BCUT2D eigenvalue weighted by molar-refractivity contribution is 6.08. The van der Waals surface area contributed by atoms with E-state index in [1.54, 1.807) is 71.3 Å². The summed E-state index contributed by atoms with van der Waals surface area (Å²) in [5.74, 6) is -3.83. The number of aromatic amines is 2. The van der Waals surface area contributed by atoms with Gasteiger partial charge in [0.05, 0.1) is 106 Å². The maximum Gasteiger partial charge on any atom is 0.410 e. The Bertz CT molecular complexity index is 5910. The molecule has 129 heavy (non-hydrogen) atoms. The van der Waals surface area contributed by atoms with Crippen LogP contribution >= 0.6 is 0 Å². The average Bonchev–Trinajstić information content (AvgIpc) is 1.16. The molecule has 17 rings (SSSR count). The van der Waals surface area contributed by atoms with E-state index in [2.05, 4.69) is 69.6 Å². The molecule has 1 unspecified atom stereocenters. The number of H-pyrrole nitrogens is 2. The van der Waals surface area contributed by atoms with Gasteiger partial charge in [-0.1, -0.05) is 94.4 Å². The number of aliphatic imine (C=N–C) groups is 2. The van der Waals surface area contributed by atoms with Gasteiger partial charge in [0.1, 0.15) is 60.1 Å². The van der Waals surface area contributed by atoms with Gasteiger partial charge in [-0.2, -0.15) is 26.3 Å². The van der Waals surface area contributed by atoms with E-state index in [1.165, 1.54) is 7.11 Å². The van der Waals surface area contributed by atoms with Crippen LogP contribution in [0.2, 0.25) is 0 Å². The van der Waals surface area contributed by atoms with Crippen molar-refractivity contribution in [3.63, 3.8) is 0 Å². The second-order valence-corrected chi connectivity index (χ2v) is 35.9. The number of benzene rings is 7. The standard InChI is InChI=1S/C50H52F3N7O8.C45H51F3N6O7/c1-26(2)43(57-48(63)66-4)46(61)60-23-32(50(51,52)53)18-41(60)45-54-21-39(56-45)30-11-13-33-31(16-30)25-68-42-20-34-29(17-36(33)42)12-14-37-35(34)19-38(55-37)40-15-27(24-65-3)22-59(40)47(62)44(58-49(64)67-5)28-9-7-6-8-10-28;1-23(2)39(52-42(56)59-7)41(55)53-20-28(45(46,47)48)15-37(53)40-49-18-35(51-40)26-8-10-29-27(13-26)22-60-38-17-30-25(14-32(29)38)9-11-33-31(30)16-34(50-33)36-12-24(21-58-6)19-54(36)43(57)61-44(3,4)5/h6-14,16-17,20-21,26-27,32,40-41,43-44H,15,18-19,22-25H2,1-5H3,(H,54,56)(H,57,63)(H,58,64);8-11,13-14,17-18,23-24,28,36-37,39H,12,15-16,19-22H2,1-7H3,(H,49,51)(H,52,56)/t27-,32-,40-,41-,43-,44?;24-,28-,36-,37-,39-/m00/s1. The number of amides is 7. The summed E-state index contributed by atoms with van der Waals surface area (Å²) in [7, 11) is 6.88. The Balaban J connectivity index is 0.000000190. The van der Waals surface area contributed by atoms with Crippen molar-refractivity contribution in [2.75, 3.05) is 74.9 Å². The van der Waals surface area contributed by atoms with E-state index < -0.39 is 115 Å². The first-order valence-electron chi connectivity index (χ1n) is 43.1. The number of alkyl carbamates (subject to hydrolysis) is 3. The molecule has 7 amide bonds. The van der Waals surface area contributed by atoms with E-state index in [4.69, 9.17) is 38.4 Å². The van der Waals surface area contributed by atoms with Crippen molar-refractivity contribution in [3.05, 3.63) is 167 Å². The lowest BCUT2D eigenvalue weighted by atomic mass is 9.90. The predicted octanol–water partition coefficient (Wildman–Crippen LogP) is 16.7. The molecular formula is C95H103F6N13O15. The smallest absolute Gasteiger partial charge is 0.410 e. The minimum absolute atomic E-state index is 0.0585. The van der Waals surface area contributed by atoms with Crippen molar-refractivity contribution in [2.24, 2.45) is 45.5 Å². The Morgan fingerprint density at radius 3 is 1.33 bits per heavy atom. The Morgan fingerprint density at radius 2 is 0.915 bits per heavy atom. The number of imidazole rings is 2. The lowest BCUT2D eigenvalue weighted by Crippen LogP contribution is -2.51. The quantitative estimate of drug-likeness (QED) is 0.0371. The molecule has 4 saturated heterocycles. The van der Waals surface area contributed by atoms with E-state index >= 15 is 0 Å². The first-order chi connectivity index (χ1) is 61.6. The highest BCUT2D eigenvalue weighted by Gasteiger charge is 2.54. The Morgan fingerprint density at radius 1 is 0.488 bits per heavy atom. The molecule has 4 fully saturated rings. The summed E-state index contributed by atoms with van der Waals surface area (Å²) in [5.41, 5.74) is 13.8. The molecular weight excluding hydrogens is 1680 g/mol. The lowest BCUT2D eigenvalue weighted by molar-refractivity contribution is -0.172. The first kappa shape index (κ1) is 89.8. The van der Waals surface area contributed by atoms with Crippen molar-refractivity contribution in [1.82, 2.24) is 55.5 Å². The van der Waals surface area contributed by atoms with Crippen LogP contribution in [0.15, 0.2) is 138 Å². The van der Waals surface area contributed by atoms with Gasteiger partial charge in [-0.3, -0.25) is 29.3 Å². The molecule has 2 aromatic heterocycles. The Labute approximate surface area is 740 Å². The van der Waals surface area contributed by atoms with E-state index in [1.807, 2.05) is 105 Å². The number of carbonyl (C=O) groups is 7. The van der Waals surface area contributed by atoms with Crippen molar-refractivity contribution in [1.29, 1.82) is 0 Å². The molecule has 11 atom stereocenters. The molecule has 10 heterocycles. The number of ether oxygens (including phenoxy) is 8. The third kappa shape index (κ3) is 18.4. The van der Waals surface area contributed by atoms with Crippen molar-refractivity contribution in [3.8, 4) is 56.3 Å². The zero-order chi connectivity index (χ0) is 91.6. The highest BCUT2D eigenvalue weighted by Crippen LogP contribution is 2.51. The molecule has 680 valence electrons. The summed E-state index contributed by atoms with van der Waals surface area (Å²) in [5, 5.41) is 11.7. The predicted molar refractivity (Wildman–Crippen MR) is 467 cm³/mol. The molecule has 0 spiro atoms. The van der Waals surface area contributed by atoms with E-state index in [-0.39, 0.29) is 73.6 Å². The number of hydrogen-bond acceptors (Lipinski definition) is 19. The number of nitrogens with one attached hydrogen (secondary N) is 5. The van der Waals surface area contributed by atoms with Gasteiger partial charge < -0.3 is 78.5 Å². The zero-order valence-electron chi connectivity index (χ0n) is 73.5. The van der Waals surface area contributed by atoms with Crippen molar-refractivity contribution in [2.45, 2.75) is 160 Å². The molecule has 9 aromatic rings. The fourth-order valence-corrected chi connectivity index (χ4v) is 19.2. The summed E-state index contributed by atoms with van der Waals surface area (Å²) >= 11 is 0. The largest absolute Gasteiger partial charge is 0.488 e. The maximum atomic E-state index is 14.4. The molecule has 8 aliphatic rings. The number of methoxy groups -OCH3 is 5. The van der Waals surface area contributed by atoms with Gasteiger partial charge in [-0.05, 0) is 178 Å². The van der Waals surface area contributed by atoms with Crippen LogP contribution in [0, 0.1) is 35.5 Å². The first-order valence-corrected chi connectivity index (χ1v) is 43.1. The van der Waals surface area contributed by atoms with Crippen LogP contribution in [0.3, 0.4) is 0 Å². The van der Waals surface area contributed by atoms with E-state index in [9.17, 15) is 59.9 Å². The second kappa shape index (κ2) is 36.2. The molecule has 5 N–H and O–H groups in total. The molecule has 34 heteroatoms. The van der Waals surface area contributed by atoms with Crippen molar-refractivity contribution < 1.29 is 97.8 Å². The topological polar surface area (TPSA) is 324 Å². The van der Waals surface area contributed by atoms with E-state index in [0.717, 1.165) is 136 Å². The fourth-order valence-electron chi connectivity index (χ4n) is 19.2. The molecule has 0 saturated carbocycles. The van der Waals surface area contributed by atoms with Gasteiger partial charge >= 0.3 is 36.7 Å². The van der Waals surface area contributed by atoms with E-state index in [0.29, 0.717) is 68.3 Å². The van der Waals surface area contributed by atoms with Gasteiger partial charge in [0, 0.05) is 87.6 Å². The lowest BCUT2D eigenvalue weighted by Gasteiger charge is -2.30. The van der Waals surface area contributed by atoms with Gasteiger partial charge in [0.15, 0.2) is 0 Å². The van der Waals surface area contributed by atoms with Gasteiger partial charge in [0.25, 0.3) is 0 Å². The van der Waals surface area contributed by atoms with Crippen LogP contribution in [-0.4, -0.2) is 210 Å². The van der Waals surface area contributed by atoms with Gasteiger partial charge in [-0.15, -0.1) is 0 Å². The van der Waals surface area contributed by atoms with Crippen LogP contribution < -0.4 is 25.4 Å². The van der Waals surface area contributed by atoms with Crippen molar-refractivity contribution >= 4 is 86.4 Å². The number of fused-ring (bicyclic) bond motifs is 12. The number of likely N-dealkylation sites (tertiary alicyclic amines) is 4. The summed E-state index contributed by atoms with van der Waals surface area (Å²) in [6.07, 6.45) is -7.00. The number of halogens is 6. The minimum atomic E-state index is -4.55. The SMILES string of the molecule is COC[C@H]1C[C@@H](C2=Nc3ccc4cc5c(cc4c3C2)OCc2cc(-c3cnc([C@@H]4C[C@H](C(F)(F)F)CN4C(=O)[C@@H](NC(=O)OC)C(C)C)[nH]3)ccc2-5)N(C(=O)C(NC(=O)OC)c2ccccc2)C1.COC[C@H]1C[C@@H](C2=Nc3ccc4cc5c(cc4c3C2)OCc2cc(-c3cnc([C@@H]4C[C@H](C(F)(F)F)CN4C(=O)[C@@H](NC(=O)OC)C(C)C)[nH]3)ccc2-5)N(C(=O)OC(C)(C)C)C1. The molecule has 0 aliphatic carbocycles.